The minimum atomic E-state index is -0.0706. The maximum absolute atomic E-state index is 11.9. The van der Waals surface area contributed by atoms with E-state index in [1.807, 2.05) is 0 Å². The Balaban J connectivity index is 1.72. The fraction of sp³-hybridized carbons (Fsp3) is 0.846. The van der Waals surface area contributed by atoms with Crippen molar-refractivity contribution in [1.29, 1.82) is 0 Å². The molecule has 4 heteroatoms. The third kappa shape index (κ3) is 3.95. The van der Waals surface area contributed by atoms with Crippen LogP contribution in [0.15, 0.2) is 0 Å². The zero-order valence-corrected chi connectivity index (χ0v) is 11.2. The average Bonchev–Trinajstić information content (AvgIpc) is 2.83. The lowest BCUT2D eigenvalue weighted by Crippen LogP contribution is -2.46. The summed E-state index contributed by atoms with van der Waals surface area (Å²) in [6.45, 7) is 0. The Bertz CT molecular complexity index is 281. The highest BCUT2D eigenvalue weighted by molar-refractivity contribution is 7.82. The molecule has 0 bridgehead atoms. The molecule has 0 heterocycles. The van der Waals surface area contributed by atoms with Gasteiger partial charge in [-0.15, -0.1) is 0 Å². The van der Waals surface area contributed by atoms with Gasteiger partial charge < -0.3 is 10.6 Å². The highest BCUT2D eigenvalue weighted by Gasteiger charge is 2.21. The Morgan fingerprint density at radius 2 is 1.29 bits per heavy atom. The van der Waals surface area contributed by atoms with Crippen LogP contribution in [-0.4, -0.2) is 23.0 Å². The molecule has 0 aromatic rings. The SMILES string of the molecule is O=C(NC1CCCCC1)C(=S)NC1CCCC1. The predicted molar refractivity (Wildman–Crippen MR) is 73.0 cm³/mol. The monoisotopic (exact) mass is 254 g/mol. The summed E-state index contributed by atoms with van der Waals surface area (Å²) in [4.78, 5) is 12.3. The molecule has 0 aliphatic heterocycles. The minimum absolute atomic E-state index is 0.0706. The van der Waals surface area contributed by atoms with Crippen molar-refractivity contribution in [3.8, 4) is 0 Å². The van der Waals surface area contributed by atoms with Crippen LogP contribution in [0.3, 0.4) is 0 Å². The molecule has 0 atom stereocenters. The van der Waals surface area contributed by atoms with E-state index in [2.05, 4.69) is 10.6 Å². The second-order valence-corrected chi connectivity index (χ2v) is 5.67. The zero-order chi connectivity index (χ0) is 12.1. The first-order chi connectivity index (χ1) is 8.25. The van der Waals surface area contributed by atoms with Gasteiger partial charge in [-0.1, -0.05) is 44.3 Å². The summed E-state index contributed by atoms with van der Waals surface area (Å²) in [5.74, 6) is -0.0706. The first-order valence-electron chi connectivity index (χ1n) is 6.87. The molecule has 2 fully saturated rings. The molecule has 0 aromatic heterocycles. The number of nitrogens with one attached hydrogen (secondary N) is 2. The Morgan fingerprint density at radius 1 is 0.824 bits per heavy atom. The lowest BCUT2D eigenvalue weighted by atomic mass is 9.95. The van der Waals surface area contributed by atoms with Gasteiger partial charge in [-0.2, -0.15) is 0 Å². The molecule has 0 unspecified atom stereocenters. The van der Waals surface area contributed by atoms with Gasteiger partial charge >= 0.3 is 0 Å². The highest BCUT2D eigenvalue weighted by Crippen LogP contribution is 2.18. The number of amides is 1. The summed E-state index contributed by atoms with van der Waals surface area (Å²) >= 11 is 5.16. The summed E-state index contributed by atoms with van der Waals surface area (Å²) in [5.41, 5.74) is 0. The van der Waals surface area contributed by atoms with E-state index in [4.69, 9.17) is 12.2 Å². The fourth-order valence-corrected chi connectivity index (χ4v) is 3.04. The predicted octanol–water partition coefficient (Wildman–Crippen LogP) is 2.29. The molecule has 96 valence electrons. The van der Waals surface area contributed by atoms with E-state index >= 15 is 0 Å². The van der Waals surface area contributed by atoms with Crippen LogP contribution < -0.4 is 10.6 Å². The standard InChI is InChI=1S/C13H22N2OS/c16-12(14-10-6-2-1-3-7-10)13(17)15-11-8-4-5-9-11/h10-11H,1-9H2,(H,14,16)(H,15,17). The van der Waals surface area contributed by atoms with Crippen molar-refractivity contribution in [2.24, 2.45) is 0 Å². The summed E-state index contributed by atoms with van der Waals surface area (Å²) < 4.78 is 0. The Labute approximate surface area is 109 Å². The van der Waals surface area contributed by atoms with E-state index in [1.54, 1.807) is 0 Å². The van der Waals surface area contributed by atoms with Crippen LogP contribution in [-0.2, 0) is 4.79 Å². The number of hydrogen-bond acceptors (Lipinski definition) is 2. The molecule has 0 aromatic carbocycles. The van der Waals surface area contributed by atoms with Crippen molar-refractivity contribution >= 4 is 23.1 Å². The molecule has 0 radical (unpaired) electrons. The molecule has 0 saturated heterocycles. The van der Waals surface area contributed by atoms with E-state index in [1.165, 1.54) is 32.1 Å². The molecule has 3 nitrogen and oxygen atoms in total. The summed E-state index contributed by atoms with van der Waals surface area (Å²) in [7, 11) is 0. The second-order valence-electron chi connectivity index (χ2n) is 5.26. The molecule has 17 heavy (non-hydrogen) atoms. The van der Waals surface area contributed by atoms with Gasteiger partial charge in [-0.25, -0.2) is 0 Å². The molecule has 1 amide bonds. The van der Waals surface area contributed by atoms with E-state index in [-0.39, 0.29) is 5.91 Å². The summed E-state index contributed by atoms with van der Waals surface area (Å²) in [6.07, 6.45) is 10.8. The van der Waals surface area contributed by atoms with Crippen molar-refractivity contribution in [2.75, 3.05) is 0 Å². The van der Waals surface area contributed by atoms with Gasteiger partial charge in [0.15, 0.2) is 4.99 Å². The number of carbonyl (C=O) groups is 1. The minimum Gasteiger partial charge on any atom is -0.369 e. The number of thiocarbonyl (C=S) groups is 1. The van der Waals surface area contributed by atoms with Crippen molar-refractivity contribution in [3.63, 3.8) is 0 Å². The van der Waals surface area contributed by atoms with Crippen LogP contribution in [0.1, 0.15) is 57.8 Å². The Morgan fingerprint density at radius 3 is 1.88 bits per heavy atom. The van der Waals surface area contributed by atoms with Gasteiger partial charge in [-0.05, 0) is 25.7 Å². The van der Waals surface area contributed by atoms with Crippen molar-refractivity contribution in [3.05, 3.63) is 0 Å². The van der Waals surface area contributed by atoms with Gasteiger partial charge in [0, 0.05) is 12.1 Å². The van der Waals surface area contributed by atoms with E-state index in [9.17, 15) is 4.79 Å². The first kappa shape index (κ1) is 12.8. The second kappa shape index (κ2) is 6.34. The normalized spacial score (nSPS) is 22.4. The van der Waals surface area contributed by atoms with Gasteiger partial charge in [0.05, 0.1) is 0 Å². The van der Waals surface area contributed by atoms with Crippen LogP contribution in [0, 0.1) is 0 Å². The molecule has 2 N–H and O–H groups in total. The molecule has 2 aliphatic rings. The van der Waals surface area contributed by atoms with Gasteiger partial charge in [0.25, 0.3) is 5.91 Å². The highest BCUT2D eigenvalue weighted by atomic mass is 32.1. The largest absolute Gasteiger partial charge is 0.369 e. The van der Waals surface area contributed by atoms with Crippen LogP contribution in [0.25, 0.3) is 0 Å². The molecule has 2 rings (SSSR count). The van der Waals surface area contributed by atoms with E-state index < -0.39 is 0 Å². The molecule has 0 spiro atoms. The maximum atomic E-state index is 11.9. The van der Waals surface area contributed by atoms with Crippen LogP contribution >= 0.6 is 12.2 Å². The quantitative estimate of drug-likeness (QED) is 0.743. The van der Waals surface area contributed by atoms with Crippen molar-refractivity contribution < 1.29 is 4.79 Å². The first-order valence-corrected chi connectivity index (χ1v) is 7.28. The number of rotatable bonds is 2. The lowest BCUT2D eigenvalue weighted by molar-refractivity contribution is -0.115. The van der Waals surface area contributed by atoms with Gasteiger partial charge in [0.2, 0.25) is 0 Å². The summed E-state index contributed by atoms with van der Waals surface area (Å²) in [6, 6.07) is 0.777. The van der Waals surface area contributed by atoms with Gasteiger partial charge in [-0.3, -0.25) is 4.79 Å². The van der Waals surface area contributed by atoms with Crippen molar-refractivity contribution in [2.45, 2.75) is 69.9 Å². The fourth-order valence-electron chi connectivity index (χ4n) is 2.82. The average molecular weight is 254 g/mol. The Hall–Kier alpha value is -0.640. The maximum Gasteiger partial charge on any atom is 0.278 e. The third-order valence-electron chi connectivity index (χ3n) is 3.84. The van der Waals surface area contributed by atoms with Crippen molar-refractivity contribution in [1.82, 2.24) is 10.6 Å². The van der Waals surface area contributed by atoms with Crippen LogP contribution in [0.4, 0.5) is 0 Å². The van der Waals surface area contributed by atoms with E-state index in [0.717, 1.165) is 25.7 Å². The zero-order valence-electron chi connectivity index (χ0n) is 10.3. The summed E-state index contributed by atoms with van der Waals surface area (Å²) in [5, 5.41) is 6.24. The molecule has 2 aliphatic carbocycles. The Kier molecular flexibility index (Phi) is 4.77. The number of hydrogen-bond donors (Lipinski definition) is 2. The number of carbonyl (C=O) groups excluding carboxylic acids is 1. The third-order valence-corrected chi connectivity index (χ3v) is 4.14. The molecular weight excluding hydrogens is 232 g/mol. The molecular formula is C13H22N2OS. The molecule has 2 saturated carbocycles. The lowest BCUT2D eigenvalue weighted by Gasteiger charge is -2.23. The van der Waals surface area contributed by atoms with Gasteiger partial charge in [0.1, 0.15) is 0 Å². The topological polar surface area (TPSA) is 41.1 Å². The smallest absolute Gasteiger partial charge is 0.278 e. The van der Waals surface area contributed by atoms with Crippen LogP contribution in [0.2, 0.25) is 0 Å². The van der Waals surface area contributed by atoms with Crippen LogP contribution in [0.5, 0.6) is 0 Å². The van der Waals surface area contributed by atoms with E-state index in [0.29, 0.717) is 17.1 Å².